The lowest BCUT2D eigenvalue weighted by Gasteiger charge is -2.06. The van der Waals surface area contributed by atoms with Gasteiger partial charge in [0.2, 0.25) is 5.95 Å². The fourth-order valence-corrected chi connectivity index (χ4v) is 2.50. The molecule has 0 spiro atoms. The third kappa shape index (κ3) is 5.28. The van der Waals surface area contributed by atoms with Gasteiger partial charge in [0.05, 0.1) is 18.5 Å². The highest BCUT2D eigenvalue weighted by atomic mass is 16.5. The van der Waals surface area contributed by atoms with Crippen molar-refractivity contribution in [3.8, 4) is 23.1 Å². The highest BCUT2D eigenvalue weighted by molar-refractivity contribution is 5.80. The molecule has 0 radical (unpaired) electrons. The summed E-state index contributed by atoms with van der Waals surface area (Å²) in [5, 5.41) is 13.4. The van der Waals surface area contributed by atoms with Crippen molar-refractivity contribution in [1.82, 2.24) is 9.97 Å². The fourth-order valence-electron chi connectivity index (χ4n) is 2.50. The Kier molecular flexibility index (Phi) is 6.71. The summed E-state index contributed by atoms with van der Waals surface area (Å²) in [6.45, 7) is 1.00. The molecule has 0 aliphatic carbocycles. The molecule has 1 heterocycles. The van der Waals surface area contributed by atoms with Crippen molar-refractivity contribution in [3.05, 3.63) is 76.1 Å². The van der Waals surface area contributed by atoms with E-state index in [1.807, 2.05) is 48.5 Å². The van der Waals surface area contributed by atoms with E-state index in [9.17, 15) is 10.1 Å². The second-order valence-corrected chi connectivity index (χ2v) is 5.90. The largest absolute Gasteiger partial charge is 0.491 e. The highest BCUT2D eigenvalue weighted by Gasteiger charge is 2.12. The highest BCUT2D eigenvalue weighted by Crippen LogP contribution is 2.19. The predicted molar refractivity (Wildman–Crippen MR) is 110 cm³/mol. The van der Waals surface area contributed by atoms with Crippen LogP contribution in [0, 0.1) is 11.3 Å². The molecule has 0 bridgehead atoms. The van der Waals surface area contributed by atoms with Gasteiger partial charge in [0.1, 0.15) is 24.0 Å². The summed E-state index contributed by atoms with van der Waals surface area (Å²) in [6.07, 6.45) is 1.58. The van der Waals surface area contributed by atoms with Crippen LogP contribution in [0.2, 0.25) is 0 Å². The molecule has 2 N–H and O–H groups in total. The molecule has 0 unspecified atom stereocenters. The number of nitriles is 1. The van der Waals surface area contributed by atoms with Crippen molar-refractivity contribution >= 4 is 12.2 Å². The van der Waals surface area contributed by atoms with Crippen LogP contribution in [-0.4, -0.2) is 36.5 Å². The molecule has 3 aromatic rings. The number of benzene rings is 2. The quantitative estimate of drug-likeness (QED) is 0.348. The van der Waals surface area contributed by atoms with Crippen molar-refractivity contribution in [2.24, 2.45) is 5.10 Å². The van der Waals surface area contributed by atoms with Gasteiger partial charge in [-0.3, -0.25) is 9.78 Å². The first-order chi connectivity index (χ1) is 14.2. The lowest BCUT2D eigenvalue weighted by molar-refractivity contribution is 0.146. The van der Waals surface area contributed by atoms with Crippen molar-refractivity contribution in [1.29, 1.82) is 5.26 Å². The Hall–Kier alpha value is -3.96. The van der Waals surface area contributed by atoms with E-state index in [2.05, 4.69) is 20.5 Å². The Morgan fingerprint density at radius 2 is 1.93 bits per heavy atom. The second kappa shape index (κ2) is 9.82. The van der Waals surface area contributed by atoms with Crippen molar-refractivity contribution in [2.45, 2.75) is 0 Å². The molecule has 8 heteroatoms. The molecule has 146 valence electrons. The molecule has 1 aromatic heterocycles. The van der Waals surface area contributed by atoms with Gasteiger partial charge in [-0.1, -0.05) is 30.3 Å². The fraction of sp³-hybridized carbons (Fsp3) is 0.143. The average Bonchev–Trinajstić information content (AvgIpc) is 2.75. The standard InChI is InChI=1S/C21H19N5O3/c1-28-11-12-29-17-9-7-15(8-10-17)14-23-26-21-24-19(16-5-3-2-4-6-16)18(13-22)20(27)25-21/h2-10,14H,11-12H2,1H3,(H2,24,25,26,27). The number of hydrogen-bond donors (Lipinski definition) is 2. The first kappa shape index (κ1) is 19.8. The van der Waals surface area contributed by atoms with Gasteiger partial charge in [-0.05, 0) is 29.8 Å². The van der Waals surface area contributed by atoms with Crippen LogP contribution in [0.5, 0.6) is 5.75 Å². The van der Waals surface area contributed by atoms with Gasteiger partial charge in [0.15, 0.2) is 0 Å². The number of anilines is 1. The van der Waals surface area contributed by atoms with E-state index in [0.717, 1.165) is 11.3 Å². The van der Waals surface area contributed by atoms with Crippen LogP contribution >= 0.6 is 0 Å². The normalized spacial score (nSPS) is 10.6. The minimum absolute atomic E-state index is 0.0465. The SMILES string of the molecule is COCCOc1ccc(C=NNc2nc(-c3ccccc3)c(C#N)c(=O)[nH]2)cc1. The Bertz CT molecular complexity index is 1070. The molecule has 2 aromatic carbocycles. The topological polar surface area (TPSA) is 112 Å². The Morgan fingerprint density at radius 1 is 1.17 bits per heavy atom. The third-order valence-electron chi connectivity index (χ3n) is 3.90. The number of H-pyrrole nitrogens is 1. The number of ether oxygens (including phenoxy) is 2. The van der Waals surface area contributed by atoms with Crippen LogP contribution in [0.25, 0.3) is 11.3 Å². The van der Waals surface area contributed by atoms with E-state index in [0.29, 0.717) is 24.5 Å². The zero-order valence-corrected chi connectivity index (χ0v) is 15.8. The average molecular weight is 389 g/mol. The minimum Gasteiger partial charge on any atom is -0.491 e. The Labute approximate surface area is 167 Å². The Morgan fingerprint density at radius 3 is 2.62 bits per heavy atom. The number of nitrogens with one attached hydrogen (secondary N) is 2. The molecule has 0 saturated carbocycles. The summed E-state index contributed by atoms with van der Waals surface area (Å²) in [7, 11) is 1.62. The van der Waals surface area contributed by atoms with Crippen molar-refractivity contribution in [2.75, 3.05) is 25.7 Å². The molecule has 0 aliphatic rings. The molecule has 0 amide bonds. The maximum atomic E-state index is 12.2. The smallest absolute Gasteiger partial charge is 0.270 e. The van der Waals surface area contributed by atoms with Crippen LogP contribution in [0.15, 0.2) is 64.5 Å². The number of aromatic amines is 1. The first-order valence-corrected chi connectivity index (χ1v) is 8.82. The summed E-state index contributed by atoms with van der Waals surface area (Å²) >= 11 is 0. The third-order valence-corrected chi connectivity index (χ3v) is 3.90. The monoisotopic (exact) mass is 389 g/mol. The number of hydrogen-bond acceptors (Lipinski definition) is 7. The zero-order valence-electron chi connectivity index (χ0n) is 15.8. The molecule has 0 atom stereocenters. The lowest BCUT2D eigenvalue weighted by atomic mass is 10.1. The summed E-state index contributed by atoms with van der Waals surface area (Å²) in [5.41, 5.74) is 3.92. The van der Waals surface area contributed by atoms with Crippen molar-refractivity contribution < 1.29 is 9.47 Å². The van der Waals surface area contributed by atoms with Crippen LogP contribution in [0.4, 0.5) is 5.95 Å². The van der Waals surface area contributed by atoms with E-state index < -0.39 is 5.56 Å². The molecular formula is C21H19N5O3. The Balaban J connectivity index is 1.73. The number of rotatable bonds is 8. The molecule has 8 nitrogen and oxygen atoms in total. The molecule has 0 saturated heterocycles. The molecule has 0 fully saturated rings. The van der Waals surface area contributed by atoms with Gasteiger partial charge in [-0.2, -0.15) is 10.4 Å². The minimum atomic E-state index is -0.531. The maximum Gasteiger partial charge on any atom is 0.270 e. The van der Waals surface area contributed by atoms with Crippen LogP contribution in [0.1, 0.15) is 11.1 Å². The summed E-state index contributed by atoms with van der Waals surface area (Å²) in [5.74, 6) is 0.876. The van der Waals surface area contributed by atoms with E-state index in [4.69, 9.17) is 9.47 Å². The molecule has 0 aliphatic heterocycles. The van der Waals surface area contributed by atoms with Gasteiger partial charge >= 0.3 is 0 Å². The van der Waals surface area contributed by atoms with Crippen LogP contribution < -0.4 is 15.7 Å². The maximum absolute atomic E-state index is 12.2. The van der Waals surface area contributed by atoms with E-state index in [1.54, 1.807) is 25.5 Å². The number of nitrogens with zero attached hydrogens (tertiary/aromatic N) is 3. The first-order valence-electron chi connectivity index (χ1n) is 8.82. The molecular weight excluding hydrogens is 370 g/mol. The van der Waals surface area contributed by atoms with E-state index in [1.165, 1.54) is 0 Å². The van der Waals surface area contributed by atoms with Gasteiger partial charge in [-0.15, -0.1) is 0 Å². The van der Waals surface area contributed by atoms with Crippen LogP contribution in [0.3, 0.4) is 0 Å². The zero-order chi connectivity index (χ0) is 20.5. The number of methoxy groups -OCH3 is 1. The summed E-state index contributed by atoms with van der Waals surface area (Å²) in [6, 6.07) is 18.3. The molecule has 29 heavy (non-hydrogen) atoms. The van der Waals surface area contributed by atoms with Gasteiger partial charge in [0, 0.05) is 12.7 Å². The van der Waals surface area contributed by atoms with Crippen molar-refractivity contribution in [3.63, 3.8) is 0 Å². The number of aromatic nitrogens is 2. The number of hydrazone groups is 1. The van der Waals surface area contributed by atoms with Gasteiger partial charge in [0.25, 0.3) is 5.56 Å². The summed E-state index contributed by atoms with van der Waals surface area (Å²) < 4.78 is 10.4. The lowest BCUT2D eigenvalue weighted by Crippen LogP contribution is -2.16. The van der Waals surface area contributed by atoms with E-state index >= 15 is 0 Å². The summed E-state index contributed by atoms with van der Waals surface area (Å²) in [4.78, 5) is 19.1. The predicted octanol–water partition coefficient (Wildman–Crippen LogP) is 2.78. The van der Waals surface area contributed by atoms with Crippen LogP contribution in [-0.2, 0) is 4.74 Å². The van der Waals surface area contributed by atoms with Gasteiger partial charge in [-0.25, -0.2) is 10.4 Å². The van der Waals surface area contributed by atoms with Gasteiger partial charge < -0.3 is 9.47 Å². The van der Waals surface area contributed by atoms with E-state index in [-0.39, 0.29) is 11.5 Å². The second-order valence-electron chi connectivity index (χ2n) is 5.90. The molecule has 3 rings (SSSR count).